The van der Waals surface area contributed by atoms with Crippen LogP contribution in [0.1, 0.15) is 25.2 Å². The molecule has 0 radical (unpaired) electrons. The molecule has 0 bridgehead atoms. The monoisotopic (exact) mass is 333 g/mol. The summed E-state index contributed by atoms with van der Waals surface area (Å²) in [6.07, 6.45) is 7.02. The number of amides is 1. The number of carbonyl (C=O) groups excluding carboxylic acids is 1. The molecule has 1 aliphatic heterocycles. The van der Waals surface area contributed by atoms with Crippen LogP contribution in [0.2, 0.25) is 0 Å². The normalized spacial score (nSPS) is 15.5. The van der Waals surface area contributed by atoms with Crippen LogP contribution in [-0.2, 0) is 17.3 Å². The predicted molar refractivity (Wildman–Crippen MR) is 95.6 cm³/mol. The first-order valence-electron chi connectivity index (χ1n) is 8.14. The van der Waals surface area contributed by atoms with Crippen molar-refractivity contribution in [1.29, 1.82) is 0 Å². The van der Waals surface area contributed by atoms with Crippen LogP contribution in [0.4, 0.5) is 11.5 Å². The molecule has 1 aliphatic rings. The molecule has 0 aliphatic carbocycles. The number of aromatic nitrogens is 4. The van der Waals surface area contributed by atoms with E-state index in [9.17, 15) is 4.79 Å². The van der Waals surface area contributed by atoms with Crippen LogP contribution >= 0.6 is 0 Å². The molecular weight excluding hydrogens is 314 g/mol. The SMILES string of the molecule is Cc1ncc(-c2ccc3c(c2)N(c2cncn2C)C(=O)C3(C)C)cn1. The zero-order valence-corrected chi connectivity index (χ0v) is 14.7. The smallest absolute Gasteiger partial charge is 0.242 e. The number of nitrogens with zero attached hydrogens (tertiary/aromatic N) is 5. The minimum absolute atomic E-state index is 0.0448. The highest BCUT2D eigenvalue weighted by Crippen LogP contribution is 2.46. The Morgan fingerprint density at radius 2 is 1.76 bits per heavy atom. The summed E-state index contributed by atoms with van der Waals surface area (Å²) in [5.41, 5.74) is 3.22. The van der Waals surface area contributed by atoms with Crippen molar-refractivity contribution in [3.8, 4) is 11.1 Å². The fraction of sp³-hybridized carbons (Fsp3) is 0.263. The van der Waals surface area contributed by atoms with Gasteiger partial charge in [-0.1, -0.05) is 12.1 Å². The van der Waals surface area contributed by atoms with E-state index >= 15 is 0 Å². The molecule has 126 valence electrons. The van der Waals surface area contributed by atoms with E-state index in [2.05, 4.69) is 15.0 Å². The van der Waals surface area contributed by atoms with Gasteiger partial charge in [0.25, 0.3) is 0 Å². The molecule has 0 fully saturated rings. The minimum atomic E-state index is -0.581. The summed E-state index contributed by atoms with van der Waals surface area (Å²) >= 11 is 0. The van der Waals surface area contributed by atoms with Gasteiger partial charge in [0.15, 0.2) is 0 Å². The Hall–Kier alpha value is -3.02. The van der Waals surface area contributed by atoms with Crippen molar-refractivity contribution in [1.82, 2.24) is 19.5 Å². The fourth-order valence-electron chi connectivity index (χ4n) is 3.26. The summed E-state index contributed by atoms with van der Waals surface area (Å²) in [5.74, 6) is 1.54. The van der Waals surface area contributed by atoms with Crippen molar-refractivity contribution in [2.45, 2.75) is 26.2 Å². The van der Waals surface area contributed by atoms with E-state index in [4.69, 9.17) is 0 Å². The Morgan fingerprint density at radius 1 is 1.04 bits per heavy atom. The first-order chi connectivity index (χ1) is 11.9. The third kappa shape index (κ3) is 2.25. The summed E-state index contributed by atoms with van der Waals surface area (Å²) in [5, 5.41) is 0. The summed E-state index contributed by atoms with van der Waals surface area (Å²) in [6.45, 7) is 5.77. The molecule has 0 saturated carbocycles. The summed E-state index contributed by atoms with van der Waals surface area (Å²) < 4.78 is 1.85. The molecule has 6 heteroatoms. The van der Waals surface area contributed by atoms with Crippen LogP contribution in [0.15, 0.2) is 43.1 Å². The van der Waals surface area contributed by atoms with Crippen molar-refractivity contribution in [3.05, 3.63) is 54.5 Å². The van der Waals surface area contributed by atoms with Crippen LogP contribution in [0, 0.1) is 6.92 Å². The standard InChI is InChI=1S/C19H19N5O/c1-12-21-8-14(9-22-12)13-5-6-15-16(7-13)24(18(25)19(15,2)3)17-10-20-11-23(17)4/h5-11H,1-4H3. The van der Waals surface area contributed by atoms with E-state index in [0.717, 1.165) is 34.0 Å². The highest BCUT2D eigenvalue weighted by atomic mass is 16.2. The van der Waals surface area contributed by atoms with Gasteiger partial charge < -0.3 is 4.57 Å². The Kier molecular flexibility index (Phi) is 3.25. The van der Waals surface area contributed by atoms with Gasteiger partial charge >= 0.3 is 0 Å². The van der Waals surface area contributed by atoms with Gasteiger partial charge in [-0.15, -0.1) is 0 Å². The van der Waals surface area contributed by atoms with Gasteiger partial charge in [-0.2, -0.15) is 0 Å². The van der Waals surface area contributed by atoms with Crippen LogP contribution in [-0.4, -0.2) is 25.4 Å². The van der Waals surface area contributed by atoms with Gasteiger partial charge in [-0.3, -0.25) is 9.69 Å². The fourth-order valence-corrected chi connectivity index (χ4v) is 3.26. The molecule has 3 aromatic rings. The van der Waals surface area contributed by atoms with Crippen molar-refractivity contribution < 1.29 is 4.79 Å². The number of aryl methyl sites for hydroxylation is 2. The number of hydrogen-bond acceptors (Lipinski definition) is 4. The third-order valence-electron chi connectivity index (χ3n) is 4.78. The summed E-state index contributed by atoms with van der Waals surface area (Å²) in [4.78, 5) is 27.5. The number of rotatable bonds is 2. The zero-order chi connectivity index (χ0) is 17.8. The molecule has 3 heterocycles. The van der Waals surface area contributed by atoms with E-state index in [0.29, 0.717) is 0 Å². The van der Waals surface area contributed by atoms with Gasteiger partial charge in [-0.25, -0.2) is 15.0 Å². The lowest BCUT2D eigenvalue weighted by molar-refractivity contribution is -0.121. The molecule has 0 atom stereocenters. The van der Waals surface area contributed by atoms with Crippen molar-refractivity contribution in [3.63, 3.8) is 0 Å². The molecule has 0 saturated heterocycles. The molecule has 6 nitrogen and oxygen atoms in total. The largest absolute Gasteiger partial charge is 0.320 e. The lowest BCUT2D eigenvalue weighted by atomic mass is 9.85. The third-order valence-corrected chi connectivity index (χ3v) is 4.78. The first kappa shape index (κ1) is 15.5. The molecule has 4 rings (SSSR count). The highest BCUT2D eigenvalue weighted by Gasteiger charge is 2.45. The van der Waals surface area contributed by atoms with Gasteiger partial charge in [0, 0.05) is 25.0 Å². The van der Waals surface area contributed by atoms with Crippen molar-refractivity contribution in [2.24, 2.45) is 7.05 Å². The van der Waals surface area contributed by atoms with E-state index in [1.807, 2.05) is 50.6 Å². The Bertz CT molecular complexity index is 972. The maximum absolute atomic E-state index is 13.1. The minimum Gasteiger partial charge on any atom is -0.320 e. The second-order valence-electron chi connectivity index (χ2n) is 6.88. The van der Waals surface area contributed by atoms with Gasteiger partial charge in [0.05, 0.1) is 23.6 Å². The van der Waals surface area contributed by atoms with Gasteiger partial charge in [0.1, 0.15) is 11.6 Å². The van der Waals surface area contributed by atoms with Crippen LogP contribution in [0.5, 0.6) is 0 Å². The molecule has 0 unspecified atom stereocenters. The lowest BCUT2D eigenvalue weighted by Gasteiger charge is -2.20. The average Bonchev–Trinajstić information content (AvgIpc) is 3.08. The number of fused-ring (bicyclic) bond motifs is 1. The lowest BCUT2D eigenvalue weighted by Crippen LogP contribution is -2.33. The van der Waals surface area contributed by atoms with E-state index in [1.165, 1.54) is 0 Å². The Labute approximate surface area is 146 Å². The van der Waals surface area contributed by atoms with Crippen molar-refractivity contribution >= 4 is 17.4 Å². The van der Waals surface area contributed by atoms with Crippen LogP contribution < -0.4 is 4.90 Å². The molecule has 1 aromatic carbocycles. The van der Waals surface area contributed by atoms with E-state index < -0.39 is 5.41 Å². The predicted octanol–water partition coefficient (Wildman–Crippen LogP) is 3.14. The first-order valence-corrected chi connectivity index (χ1v) is 8.14. The summed E-state index contributed by atoms with van der Waals surface area (Å²) in [6, 6.07) is 6.08. The number of carbonyl (C=O) groups is 1. The van der Waals surface area contributed by atoms with Gasteiger partial charge in [0.2, 0.25) is 5.91 Å². The topological polar surface area (TPSA) is 63.9 Å². The molecule has 0 N–H and O–H groups in total. The average molecular weight is 333 g/mol. The number of hydrogen-bond donors (Lipinski definition) is 0. The maximum Gasteiger partial charge on any atom is 0.242 e. The van der Waals surface area contributed by atoms with E-state index in [-0.39, 0.29) is 5.91 Å². The second kappa shape index (κ2) is 5.24. The quantitative estimate of drug-likeness (QED) is 0.723. The molecule has 0 spiro atoms. The number of imidazole rings is 1. The second-order valence-corrected chi connectivity index (χ2v) is 6.88. The summed E-state index contributed by atoms with van der Waals surface area (Å²) in [7, 11) is 1.89. The van der Waals surface area contributed by atoms with Crippen molar-refractivity contribution in [2.75, 3.05) is 4.90 Å². The zero-order valence-electron chi connectivity index (χ0n) is 14.7. The molecule has 25 heavy (non-hydrogen) atoms. The molecular formula is C19H19N5O. The van der Waals surface area contributed by atoms with Crippen LogP contribution in [0.25, 0.3) is 11.1 Å². The number of anilines is 2. The number of benzene rings is 1. The van der Waals surface area contributed by atoms with E-state index in [1.54, 1.807) is 29.8 Å². The molecule has 1 amide bonds. The highest BCUT2D eigenvalue weighted by molar-refractivity contribution is 6.12. The Morgan fingerprint density at radius 3 is 2.40 bits per heavy atom. The van der Waals surface area contributed by atoms with Gasteiger partial charge in [-0.05, 0) is 38.0 Å². The van der Waals surface area contributed by atoms with Crippen LogP contribution in [0.3, 0.4) is 0 Å². The Balaban J connectivity index is 1.90. The maximum atomic E-state index is 13.1. The molecule has 2 aromatic heterocycles.